The Morgan fingerprint density at radius 3 is 2.50 bits per heavy atom. The largest absolute Gasteiger partial charge is 0.497 e. The molecule has 0 saturated carbocycles. The molecule has 2 atom stereocenters. The topological polar surface area (TPSA) is 92.6 Å². The van der Waals surface area contributed by atoms with Gasteiger partial charge in [-0.3, -0.25) is 9.59 Å². The number of rotatable bonds is 7. The van der Waals surface area contributed by atoms with E-state index in [0.29, 0.717) is 28.0 Å². The standard InChI is InChI=1S/C28H25ClN4O4S/c1-36-21-12-8-17(9-13-21)23-15-24(18-6-10-19(29)11-7-18)33(32-23)28-31-27(35)25(38-28)16-26(34)30-20-4-3-5-22(14-20)37-2/h3-14,24-25H,15-16H2,1-2H3,(H,30,34)/t24-,25-/m0/s1. The number of nitrogens with one attached hydrogen (secondary N) is 1. The summed E-state index contributed by atoms with van der Waals surface area (Å²) in [7, 11) is 3.19. The minimum atomic E-state index is -0.637. The third-order valence-corrected chi connectivity index (χ3v) is 7.63. The fourth-order valence-electron chi connectivity index (χ4n) is 4.27. The predicted molar refractivity (Wildman–Crippen MR) is 150 cm³/mol. The maximum absolute atomic E-state index is 12.8. The number of halogens is 1. The molecule has 0 aromatic heterocycles. The predicted octanol–water partition coefficient (Wildman–Crippen LogP) is 5.54. The highest BCUT2D eigenvalue weighted by Crippen LogP contribution is 2.39. The summed E-state index contributed by atoms with van der Waals surface area (Å²) < 4.78 is 10.5. The lowest BCUT2D eigenvalue weighted by Crippen LogP contribution is -2.25. The molecule has 3 aromatic rings. The summed E-state index contributed by atoms with van der Waals surface area (Å²) in [4.78, 5) is 29.8. The first-order valence-electron chi connectivity index (χ1n) is 11.9. The number of aliphatic imine (C=N–C) groups is 1. The van der Waals surface area contributed by atoms with Crippen molar-refractivity contribution in [3.63, 3.8) is 0 Å². The molecular weight excluding hydrogens is 524 g/mol. The molecule has 10 heteroatoms. The number of amides is 2. The van der Waals surface area contributed by atoms with Crippen LogP contribution in [-0.2, 0) is 9.59 Å². The van der Waals surface area contributed by atoms with Gasteiger partial charge in [-0.15, -0.1) is 0 Å². The molecule has 5 rings (SSSR count). The normalized spacial score (nSPS) is 18.7. The van der Waals surface area contributed by atoms with E-state index in [-0.39, 0.29) is 24.3 Å². The van der Waals surface area contributed by atoms with E-state index in [9.17, 15) is 9.59 Å². The molecule has 2 aliphatic rings. The number of hydrogen-bond donors (Lipinski definition) is 1. The monoisotopic (exact) mass is 548 g/mol. The average molecular weight is 549 g/mol. The number of nitrogens with zero attached hydrogens (tertiary/aromatic N) is 3. The molecular formula is C28H25ClN4O4S. The molecule has 2 amide bonds. The van der Waals surface area contributed by atoms with E-state index in [1.165, 1.54) is 11.8 Å². The average Bonchev–Trinajstić information content (AvgIpc) is 3.53. The van der Waals surface area contributed by atoms with Crippen LogP contribution in [0.5, 0.6) is 11.5 Å². The molecule has 3 aromatic carbocycles. The number of benzene rings is 3. The van der Waals surface area contributed by atoms with Crippen LogP contribution in [0.4, 0.5) is 5.69 Å². The van der Waals surface area contributed by atoms with Crippen molar-refractivity contribution in [1.82, 2.24) is 5.01 Å². The van der Waals surface area contributed by atoms with Crippen molar-refractivity contribution >= 4 is 51.7 Å². The number of ether oxygens (including phenoxy) is 2. The third-order valence-electron chi connectivity index (χ3n) is 6.24. The van der Waals surface area contributed by atoms with Crippen LogP contribution in [0.25, 0.3) is 0 Å². The van der Waals surface area contributed by atoms with Crippen molar-refractivity contribution in [2.24, 2.45) is 10.1 Å². The van der Waals surface area contributed by atoms with E-state index in [1.807, 2.05) is 48.5 Å². The Kier molecular flexibility index (Phi) is 7.67. The first kappa shape index (κ1) is 25.8. The number of amidine groups is 1. The molecule has 0 aliphatic carbocycles. The van der Waals surface area contributed by atoms with Crippen molar-refractivity contribution in [2.45, 2.75) is 24.1 Å². The fraction of sp³-hybridized carbons (Fsp3) is 0.214. The van der Waals surface area contributed by atoms with Crippen molar-refractivity contribution < 1.29 is 19.1 Å². The Morgan fingerprint density at radius 1 is 1.05 bits per heavy atom. The van der Waals surface area contributed by atoms with Gasteiger partial charge >= 0.3 is 0 Å². The highest BCUT2D eigenvalue weighted by molar-refractivity contribution is 8.15. The zero-order chi connectivity index (χ0) is 26.6. The molecule has 0 radical (unpaired) electrons. The molecule has 0 spiro atoms. The van der Waals surface area contributed by atoms with Crippen molar-refractivity contribution in [3.8, 4) is 11.5 Å². The van der Waals surface area contributed by atoms with Gasteiger partial charge in [-0.25, -0.2) is 5.01 Å². The molecule has 2 heterocycles. The van der Waals surface area contributed by atoms with Gasteiger partial charge in [-0.1, -0.05) is 41.6 Å². The minimum absolute atomic E-state index is 0.0117. The second kappa shape index (κ2) is 11.3. The third kappa shape index (κ3) is 5.69. The van der Waals surface area contributed by atoms with Crippen LogP contribution >= 0.6 is 23.4 Å². The summed E-state index contributed by atoms with van der Waals surface area (Å²) in [6.07, 6.45) is 0.602. The van der Waals surface area contributed by atoms with Crippen LogP contribution in [0, 0.1) is 0 Å². The quantitative estimate of drug-likeness (QED) is 0.417. The summed E-state index contributed by atoms with van der Waals surface area (Å²) in [5.74, 6) is 0.759. The molecule has 1 N–H and O–H groups in total. The van der Waals surface area contributed by atoms with E-state index in [1.54, 1.807) is 43.5 Å². The van der Waals surface area contributed by atoms with Gasteiger partial charge in [-0.2, -0.15) is 10.1 Å². The number of methoxy groups -OCH3 is 2. The number of hydrazone groups is 1. The van der Waals surface area contributed by atoms with Crippen LogP contribution in [0.15, 0.2) is 82.9 Å². The molecule has 2 aliphatic heterocycles. The summed E-state index contributed by atoms with van der Waals surface area (Å²) in [6, 6.07) is 22.2. The lowest BCUT2D eigenvalue weighted by molar-refractivity contribution is -0.121. The lowest BCUT2D eigenvalue weighted by atomic mass is 9.98. The van der Waals surface area contributed by atoms with E-state index in [2.05, 4.69) is 10.3 Å². The van der Waals surface area contributed by atoms with Crippen LogP contribution in [0.3, 0.4) is 0 Å². The van der Waals surface area contributed by atoms with Gasteiger partial charge in [0.1, 0.15) is 16.7 Å². The number of carbonyl (C=O) groups is 2. The lowest BCUT2D eigenvalue weighted by Gasteiger charge is -2.23. The highest BCUT2D eigenvalue weighted by Gasteiger charge is 2.39. The maximum atomic E-state index is 12.8. The Morgan fingerprint density at radius 2 is 1.79 bits per heavy atom. The molecule has 0 bridgehead atoms. The number of carbonyl (C=O) groups excluding carboxylic acids is 2. The van der Waals surface area contributed by atoms with E-state index >= 15 is 0 Å². The number of anilines is 1. The maximum Gasteiger partial charge on any atom is 0.262 e. The Balaban J connectivity index is 1.34. The molecule has 0 saturated heterocycles. The van der Waals surface area contributed by atoms with E-state index in [0.717, 1.165) is 22.6 Å². The van der Waals surface area contributed by atoms with Gasteiger partial charge in [0, 0.05) is 29.6 Å². The molecule has 0 unspecified atom stereocenters. The molecule has 0 fully saturated rings. The van der Waals surface area contributed by atoms with Crippen LogP contribution in [-0.4, -0.2) is 47.2 Å². The summed E-state index contributed by atoms with van der Waals surface area (Å²) in [5, 5.41) is 9.95. The minimum Gasteiger partial charge on any atom is -0.497 e. The molecule has 8 nitrogen and oxygen atoms in total. The van der Waals surface area contributed by atoms with Gasteiger partial charge in [-0.05, 0) is 59.7 Å². The van der Waals surface area contributed by atoms with Crippen LogP contribution < -0.4 is 14.8 Å². The highest BCUT2D eigenvalue weighted by atomic mass is 35.5. The van der Waals surface area contributed by atoms with Crippen molar-refractivity contribution in [3.05, 3.63) is 88.9 Å². The smallest absolute Gasteiger partial charge is 0.262 e. The van der Waals surface area contributed by atoms with E-state index < -0.39 is 5.25 Å². The number of thioether (sulfide) groups is 1. The van der Waals surface area contributed by atoms with Gasteiger partial charge in [0.15, 0.2) is 5.17 Å². The van der Waals surface area contributed by atoms with Crippen LogP contribution in [0.1, 0.15) is 30.0 Å². The Hall–Kier alpha value is -3.82. The van der Waals surface area contributed by atoms with Crippen molar-refractivity contribution in [1.29, 1.82) is 0 Å². The zero-order valence-corrected chi connectivity index (χ0v) is 22.3. The second-order valence-electron chi connectivity index (χ2n) is 8.71. The first-order valence-corrected chi connectivity index (χ1v) is 13.2. The fourth-order valence-corrected chi connectivity index (χ4v) is 5.46. The Labute approximate surface area is 229 Å². The van der Waals surface area contributed by atoms with Gasteiger partial charge in [0.25, 0.3) is 5.91 Å². The van der Waals surface area contributed by atoms with E-state index in [4.69, 9.17) is 26.2 Å². The molecule has 194 valence electrons. The van der Waals surface area contributed by atoms with Gasteiger partial charge in [0.2, 0.25) is 5.91 Å². The van der Waals surface area contributed by atoms with Gasteiger partial charge in [0.05, 0.1) is 26.0 Å². The Bertz CT molecular complexity index is 1410. The number of hydrogen-bond acceptors (Lipinski definition) is 7. The summed E-state index contributed by atoms with van der Waals surface area (Å²) >= 11 is 7.38. The van der Waals surface area contributed by atoms with Crippen molar-refractivity contribution in [2.75, 3.05) is 19.5 Å². The van der Waals surface area contributed by atoms with Gasteiger partial charge < -0.3 is 14.8 Å². The molecule has 38 heavy (non-hydrogen) atoms. The first-order chi connectivity index (χ1) is 18.4. The van der Waals surface area contributed by atoms with Crippen LogP contribution in [0.2, 0.25) is 5.02 Å². The summed E-state index contributed by atoms with van der Waals surface area (Å²) in [5.41, 5.74) is 3.41. The SMILES string of the molecule is COc1ccc(C2=NN(C3=NC(=O)[C@H](CC(=O)Nc4cccc(OC)c4)S3)[C@H](c3ccc(Cl)cc3)C2)cc1. The summed E-state index contributed by atoms with van der Waals surface area (Å²) in [6.45, 7) is 0. The second-order valence-corrected chi connectivity index (χ2v) is 10.3. The zero-order valence-electron chi connectivity index (χ0n) is 20.8.